The molecule has 2 aromatic rings. The molecule has 1 N–H and O–H groups in total. The Hall–Kier alpha value is -1.89. The average Bonchev–Trinajstić information content (AvgIpc) is 3.57. The fourth-order valence-corrected chi connectivity index (χ4v) is 4.73. The number of carbonyl (C=O) groups is 1. The van der Waals surface area contributed by atoms with Gasteiger partial charge in [-0.25, -0.2) is 9.18 Å². The van der Waals surface area contributed by atoms with Gasteiger partial charge in [0.1, 0.15) is 11.6 Å². The van der Waals surface area contributed by atoms with E-state index in [9.17, 15) is 14.3 Å². The summed E-state index contributed by atoms with van der Waals surface area (Å²) < 4.78 is 20.2. The van der Waals surface area contributed by atoms with Gasteiger partial charge in [0.15, 0.2) is 0 Å². The largest absolute Gasteiger partial charge is 0.493 e. The lowest BCUT2D eigenvalue weighted by Crippen LogP contribution is -2.37. The molecule has 1 saturated carbocycles. The number of ether oxygens (including phenoxy) is 1. The number of benzene rings is 1. The lowest BCUT2D eigenvalue weighted by Gasteiger charge is -2.36. The zero-order chi connectivity index (χ0) is 22.1. The number of hydrogen-bond acceptors (Lipinski definition) is 4. The third-order valence-corrected chi connectivity index (χ3v) is 6.76. The third-order valence-electron chi connectivity index (χ3n) is 6.25. The van der Waals surface area contributed by atoms with Crippen LogP contribution in [0.3, 0.4) is 0 Å². The first-order chi connectivity index (χ1) is 14.8. The summed E-state index contributed by atoms with van der Waals surface area (Å²) in [5, 5.41) is 10.3. The number of carboxylic acid groups (broad SMARTS) is 1. The molecule has 0 amide bonds. The van der Waals surface area contributed by atoms with Crippen molar-refractivity contribution >= 4 is 29.2 Å². The van der Waals surface area contributed by atoms with Crippen LogP contribution in [-0.4, -0.2) is 40.7 Å². The van der Waals surface area contributed by atoms with Gasteiger partial charge in [-0.15, -0.1) is 0 Å². The highest BCUT2D eigenvalue weighted by Crippen LogP contribution is 2.45. The van der Waals surface area contributed by atoms with Crippen molar-refractivity contribution in [2.24, 2.45) is 5.92 Å². The highest BCUT2D eigenvalue weighted by Gasteiger charge is 2.30. The Morgan fingerprint density at radius 2 is 1.97 bits per heavy atom. The molecule has 0 radical (unpaired) electrons. The van der Waals surface area contributed by atoms with Gasteiger partial charge < -0.3 is 9.84 Å². The Bertz CT molecular complexity index is 976. The smallest absolute Gasteiger partial charge is 0.338 e. The predicted octanol–water partition coefficient (Wildman–Crippen LogP) is 5.96. The standard InChI is InChI=1S/C23H25Cl2FN2O3/c1-13(22-19(25)8-16(24)11-27-22)28-6-4-14(5-7-28)12-31-21-10-20(26)18(23(29)30)9-17(21)15-2-3-15/h8-11,13-15H,2-7,12H2,1H3,(H,29,30). The van der Waals surface area contributed by atoms with E-state index in [1.807, 2.05) is 0 Å². The number of aromatic carboxylic acids is 1. The van der Waals surface area contributed by atoms with Gasteiger partial charge in [-0.2, -0.15) is 0 Å². The summed E-state index contributed by atoms with van der Waals surface area (Å²) in [4.78, 5) is 18.0. The topological polar surface area (TPSA) is 62.7 Å². The summed E-state index contributed by atoms with van der Waals surface area (Å²) in [5.41, 5.74) is 1.35. The molecule has 1 aliphatic carbocycles. The minimum Gasteiger partial charge on any atom is -0.493 e. The van der Waals surface area contributed by atoms with E-state index in [1.165, 1.54) is 12.1 Å². The lowest BCUT2D eigenvalue weighted by atomic mass is 9.96. The molecule has 1 saturated heterocycles. The van der Waals surface area contributed by atoms with Gasteiger partial charge in [0.25, 0.3) is 0 Å². The van der Waals surface area contributed by atoms with Crippen molar-refractivity contribution in [2.45, 2.75) is 44.6 Å². The maximum absolute atomic E-state index is 14.2. The quantitative estimate of drug-likeness (QED) is 0.545. The third kappa shape index (κ3) is 5.13. The van der Waals surface area contributed by atoms with Crippen LogP contribution in [0.1, 0.15) is 66.2 Å². The van der Waals surface area contributed by atoms with E-state index < -0.39 is 11.8 Å². The zero-order valence-corrected chi connectivity index (χ0v) is 18.8. The summed E-state index contributed by atoms with van der Waals surface area (Å²) in [7, 11) is 0. The molecule has 4 rings (SSSR count). The molecule has 1 aromatic carbocycles. The number of piperidine rings is 1. The van der Waals surface area contributed by atoms with Gasteiger partial charge in [-0.05, 0) is 75.2 Å². The maximum Gasteiger partial charge on any atom is 0.338 e. The fraction of sp³-hybridized carbons (Fsp3) is 0.478. The minimum absolute atomic E-state index is 0.0887. The highest BCUT2D eigenvalue weighted by molar-refractivity contribution is 6.34. The Kier molecular flexibility index (Phi) is 6.70. The zero-order valence-electron chi connectivity index (χ0n) is 17.3. The predicted molar refractivity (Wildman–Crippen MR) is 118 cm³/mol. The molecule has 2 fully saturated rings. The van der Waals surface area contributed by atoms with E-state index in [4.69, 9.17) is 27.9 Å². The SMILES string of the molecule is CC(c1ncc(Cl)cc1Cl)N1CCC(COc2cc(F)c(C(=O)O)cc2C2CC2)CC1. The Labute approximate surface area is 191 Å². The number of pyridine rings is 1. The molecule has 2 aliphatic rings. The summed E-state index contributed by atoms with van der Waals surface area (Å²) in [6.45, 7) is 4.36. The minimum atomic E-state index is -1.25. The summed E-state index contributed by atoms with van der Waals surface area (Å²) in [6, 6.07) is 4.49. The normalized spacial score (nSPS) is 18.7. The molecule has 2 heterocycles. The first-order valence-corrected chi connectivity index (χ1v) is 11.3. The summed E-state index contributed by atoms with van der Waals surface area (Å²) in [5.74, 6) is -0.886. The van der Waals surface area contributed by atoms with Crippen molar-refractivity contribution in [3.05, 3.63) is 57.1 Å². The van der Waals surface area contributed by atoms with Gasteiger partial charge in [0.05, 0.1) is 34.0 Å². The molecular weight excluding hydrogens is 442 g/mol. The molecule has 0 bridgehead atoms. The van der Waals surface area contributed by atoms with Crippen LogP contribution in [0.4, 0.5) is 4.39 Å². The van der Waals surface area contributed by atoms with Crippen LogP contribution in [0.2, 0.25) is 10.0 Å². The number of aromatic nitrogens is 1. The van der Waals surface area contributed by atoms with Crippen LogP contribution in [0.25, 0.3) is 0 Å². The summed E-state index contributed by atoms with van der Waals surface area (Å²) in [6.07, 6.45) is 5.48. The molecule has 31 heavy (non-hydrogen) atoms. The van der Waals surface area contributed by atoms with E-state index in [2.05, 4.69) is 16.8 Å². The number of halogens is 3. The Morgan fingerprint density at radius 3 is 2.58 bits per heavy atom. The first kappa shape index (κ1) is 22.3. The molecular formula is C23H25Cl2FN2O3. The van der Waals surface area contributed by atoms with Gasteiger partial charge in [-0.3, -0.25) is 9.88 Å². The van der Waals surface area contributed by atoms with Crippen molar-refractivity contribution in [1.29, 1.82) is 0 Å². The van der Waals surface area contributed by atoms with E-state index in [-0.39, 0.29) is 17.5 Å². The van der Waals surface area contributed by atoms with E-state index in [0.717, 1.165) is 50.0 Å². The molecule has 166 valence electrons. The molecule has 0 spiro atoms. The van der Waals surface area contributed by atoms with Crippen LogP contribution < -0.4 is 4.74 Å². The fourth-order valence-electron chi connectivity index (χ4n) is 4.19. The number of carboxylic acids is 1. The van der Waals surface area contributed by atoms with Gasteiger partial charge >= 0.3 is 5.97 Å². The number of rotatable bonds is 7. The highest BCUT2D eigenvalue weighted by atomic mass is 35.5. The van der Waals surface area contributed by atoms with Crippen molar-refractivity contribution in [3.8, 4) is 5.75 Å². The summed E-state index contributed by atoms with van der Waals surface area (Å²) >= 11 is 12.3. The van der Waals surface area contributed by atoms with Crippen LogP contribution in [0.15, 0.2) is 24.4 Å². The second-order valence-corrected chi connectivity index (χ2v) is 9.28. The van der Waals surface area contributed by atoms with Crippen molar-refractivity contribution in [3.63, 3.8) is 0 Å². The van der Waals surface area contributed by atoms with Crippen LogP contribution >= 0.6 is 23.2 Å². The number of likely N-dealkylation sites (tertiary alicyclic amines) is 1. The monoisotopic (exact) mass is 466 g/mol. The van der Waals surface area contributed by atoms with Crippen LogP contribution in [-0.2, 0) is 0 Å². The second-order valence-electron chi connectivity index (χ2n) is 8.44. The van der Waals surface area contributed by atoms with Gasteiger partial charge in [0, 0.05) is 12.3 Å². The van der Waals surface area contributed by atoms with Gasteiger partial charge in [-0.1, -0.05) is 23.2 Å². The number of hydrogen-bond donors (Lipinski definition) is 1. The van der Waals surface area contributed by atoms with Crippen LogP contribution in [0.5, 0.6) is 5.75 Å². The van der Waals surface area contributed by atoms with E-state index in [0.29, 0.717) is 28.3 Å². The molecule has 8 heteroatoms. The lowest BCUT2D eigenvalue weighted by molar-refractivity contribution is 0.0691. The van der Waals surface area contributed by atoms with E-state index >= 15 is 0 Å². The van der Waals surface area contributed by atoms with Gasteiger partial charge in [0.2, 0.25) is 0 Å². The molecule has 1 aromatic heterocycles. The molecule has 1 atom stereocenters. The molecule has 1 aliphatic heterocycles. The van der Waals surface area contributed by atoms with Crippen molar-refractivity contribution in [2.75, 3.05) is 19.7 Å². The van der Waals surface area contributed by atoms with Crippen molar-refractivity contribution < 1.29 is 19.0 Å². The molecule has 5 nitrogen and oxygen atoms in total. The Balaban J connectivity index is 1.35. The first-order valence-electron chi connectivity index (χ1n) is 10.6. The second kappa shape index (κ2) is 9.31. The van der Waals surface area contributed by atoms with E-state index in [1.54, 1.807) is 12.3 Å². The molecule has 1 unspecified atom stereocenters. The number of nitrogens with zero attached hydrogens (tertiary/aromatic N) is 2. The van der Waals surface area contributed by atoms with Crippen molar-refractivity contribution in [1.82, 2.24) is 9.88 Å². The maximum atomic E-state index is 14.2. The Morgan fingerprint density at radius 1 is 1.26 bits per heavy atom. The average molecular weight is 467 g/mol. The van der Waals surface area contributed by atoms with Crippen LogP contribution in [0, 0.1) is 11.7 Å².